The topological polar surface area (TPSA) is 131 Å². The van der Waals surface area contributed by atoms with Crippen molar-refractivity contribution < 1.29 is 19.1 Å². The van der Waals surface area contributed by atoms with Crippen molar-refractivity contribution in [3.63, 3.8) is 0 Å². The molecule has 5 rings (SSSR count). The summed E-state index contributed by atoms with van der Waals surface area (Å²) in [7, 11) is 0. The van der Waals surface area contributed by atoms with Gasteiger partial charge in [-0.3, -0.25) is 9.59 Å². The number of nitrogens with two attached hydrogens (primary N) is 1. The number of hydrogen-bond acceptors (Lipinski definition) is 7. The number of carbonyl (C=O) groups excluding carboxylic acids is 1. The zero-order valence-corrected chi connectivity index (χ0v) is 17.4. The molecule has 1 aromatic heterocycles. The van der Waals surface area contributed by atoms with Crippen LogP contribution in [0.5, 0.6) is 0 Å². The number of rotatable bonds is 6. The van der Waals surface area contributed by atoms with Gasteiger partial charge in [0, 0.05) is 29.6 Å². The summed E-state index contributed by atoms with van der Waals surface area (Å²) in [5.41, 5.74) is 7.20. The minimum absolute atomic E-state index is 0.0290. The summed E-state index contributed by atoms with van der Waals surface area (Å²) in [5, 5.41) is 21.6. The molecule has 32 heavy (non-hydrogen) atoms. The highest BCUT2D eigenvalue weighted by molar-refractivity contribution is 5.97. The zero-order valence-electron chi connectivity index (χ0n) is 17.4. The van der Waals surface area contributed by atoms with Gasteiger partial charge in [0.05, 0.1) is 0 Å². The van der Waals surface area contributed by atoms with Crippen molar-refractivity contribution in [2.75, 3.05) is 5.32 Å². The summed E-state index contributed by atoms with van der Waals surface area (Å²) in [5.74, 6) is -2.29. The van der Waals surface area contributed by atoms with Crippen LogP contribution in [-0.4, -0.2) is 38.6 Å². The third-order valence-electron chi connectivity index (χ3n) is 6.72. The van der Waals surface area contributed by atoms with E-state index < -0.39 is 29.6 Å². The Morgan fingerprint density at radius 1 is 1.09 bits per heavy atom. The number of benzene rings is 2. The first-order valence-electron chi connectivity index (χ1n) is 10.8. The van der Waals surface area contributed by atoms with Crippen molar-refractivity contribution in [1.82, 2.24) is 10.2 Å². The molecule has 1 aliphatic heterocycles. The van der Waals surface area contributed by atoms with Gasteiger partial charge in [0.1, 0.15) is 5.54 Å². The van der Waals surface area contributed by atoms with Crippen LogP contribution in [0.3, 0.4) is 0 Å². The molecule has 0 radical (unpaired) electrons. The average molecular weight is 432 g/mol. The summed E-state index contributed by atoms with van der Waals surface area (Å²) < 4.78 is 5.57. The number of nitrogens with zero attached hydrogens (tertiary/aromatic N) is 2. The van der Waals surface area contributed by atoms with Crippen LogP contribution in [0.15, 0.2) is 59.0 Å². The number of hydrogen-bond donors (Lipinski definition) is 3. The SMILES string of the molecule is NC(CC(=O)c1nnc(-c2ccccc2)o1)(C(=O)O)C1c2ccccc2N[C@@H]2CCC[C@H]12. The Labute approximate surface area is 184 Å². The standard InChI is InChI=1S/C24H24N4O4/c25-24(23(30)31,13-19(29)22-28-27-21(32-22)14-7-2-1-3-8-14)20-15-9-4-5-11-17(15)26-18-12-6-10-16(18)20/h1-5,7-9,11,16,18,20,26H,6,10,12-13,25H2,(H,30,31)/t16-,18+,20?,24?/m0/s1. The van der Waals surface area contributed by atoms with Crippen molar-refractivity contribution >= 4 is 17.4 Å². The lowest BCUT2D eigenvalue weighted by Gasteiger charge is -2.44. The number of ketones is 1. The van der Waals surface area contributed by atoms with Gasteiger partial charge in [-0.15, -0.1) is 10.2 Å². The molecule has 164 valence electrons. The number of nitrogens with one attached hydrogen (secondary N) is 1. The number of aliphatic carboxylic acids is 1. The van der Waals surface area contributed by atoms with Crippen molar-refractivity contribution in [1.29, 1.82) is 0 Å². The van der Waals surface area contributed by atoms with E-state index in [-0.39, 0.29) is 23.7 Å². The molecule has 2 aromatic carbocycles. The van der Waals surface area contributed by atoms with Crippen molar-refractivity contribution in [2.24, 2.45) is 11.7 Å². The van der Waals surface area contributed by atoms with E-state index in [4.69, 9.17) is 10.2 Å². The van der Waals surface area contributed by atoms with Crippen LogP contribution in [0.25, 0.3) is 11.5 Å². The Hall–Kier alpha value is -3.52. The van der Waals surface area contributed by atoms with E-state index in [1.54, 1.807) is 12.1 Å². The smallest absolute Gasteiger partial charge is 0.324 e. The predicted molar refractivity (Wildman–Crippen MR) is 117 cm³/mol. The molecule has 4 N–H and O–H groups in total. The molecular formula is C24H24N4O4. The van der Waals surface area contributed by atoms with E-state index >= 15 is 0 Å². The molecule has 2 heterocycles. The molecule has 8 nitrogen and oxygen atoms in total. The van der Waals surface area contributed by atoms with E-state index in [2.05, 4.69) is 15.5 Å². The molecule has 1 fully saturated rings. The van der Waals surface area contributed by atoms with E-state index in [0.29, 0.717) is 5.56 Å². The lowest BCUT2D eigenvalue weighted by Crippen LogP contribution is -2.58. The Kier molecular flexibility index (Phi) is 5.01. The van der Waals surface area contributed by atoms with E-state index in [0.717, 1.165) is 30.5 Å². The normalized spacial score (nSPS) is 23.5. The first kappa shape index (κ1) is 20.4. The summed E-state index contributed by atoms with van der Waals surface area (Å²) in [6.45, 7) is 0. The maximum atomic E-state index is 13.1. The second-order valence-corrected chi connectivity index (χ2v) is 8.63. The maximum absolute atomic E-state index is 13.1. The van der Waals surface area contributed by atoms with Crippen LogP contribution in [0.1, 0.15) is 47.8 Å². The molecule has 0 spiro atoms. The average Bonchev–Trinajstić information content (AvgIpc) is 3.47. The molecule has 0 amide bonds. The van der Waals surface area contributed by atoms with Crippen molar-refractivity contribution in [3.05, 3.63) is 66.1 Å². The zero-order chi connectivity index (χ0) is 22.3. The van der Waals surface area contributed by atoms with E-state index in [9.17, 15) is 14.7 Å². The summed E-state index contributed by atoms with van der Waals surface area (Å²) in [6.07, 6.45) is 2.36. The number of aromatic nitrogens is 2. The first-order valence-corrected chi connectivity index (χ1v) is 10.8. The Morgan fingerprint density at radius 3 is 2.62 bits per heavy atom. The van der Waals surface area contributed by atoms with Crippen LogP contribution in [-0.2, 0) is 4.79 Å². The van der Waals surface area contributed by atoms with Crippen LogP contribution < -0.4 is 11.1 Å². The van der Waals surface area contributed by atoms with Crippen molar-refractivity contribution in [3.8, 4) is 11.5 Å². The molecule has 2 aliphatic rings. The van der Waals surface area contributed by atoms with Gasteiger partial charge in [0.25, 0.3) is 5.89 Å². The quantitative estimate of drug-likeness (QED) is 0.505. The molecule has 1 aliphatic carbocycles. The summed E-state index contributed by atoms with van der Waals surface area (Å²) >= 11 is 0. The first-order chi connectivity index (χ1) is 15.5. The molecule has 0 saturated heterocycles. The highest BCUT2D eigenvalue weighted by atomic mass is 16.4. The molecule has 2 unspecified atom stereocenters. The van der Waals surface area contributed by atoms with Gasteiger partial charge >= 0.3 is 5.97 Å². The second-order valence-electron chi connectivity index (χ2n) is 8.63. The number of para-hydroxylation sites is 1. The fraction of sp³-hybridized carbons (Fsp3) is 0.333. The second kappa shape index (κ2) is 7.87. The van der Waals surface area contributed by atoms with Gasteiger partial charge in [-0.25, -0.2) is 0 Å². The number of anilines is 1. The summed E-state index contributed by atoms with van der Waals surface area (Å²) in [6, 6.07) is 16.8. The molecule has 8 heteroatoms. The van der Waals surface area contributed by atoms with E-state index in [1.807, 2.05) is 42.5 Å². The largest absolute Gasteiger partial charge is 0.480 e. The number of carboxylic acids is 1. The fourth-order valence-corrected chi connectivity index (χ4v) is 5.25. The van der Waals surface area contributed by atoms with Gasteiger partial charge in [0.2, 0.25) is 11.7 Å². The number of carboxylic acid groups (broad SMARTS) is 1. The molecule has 4 atom stereocenters. The fourth-order valence-electron chi connectivity index (χ4n) is 5.25. The minimum atomic E-state index is -1.80. The molecule has 1 saturated carbocycles. The molecule has 0 bridgehead atoms. The van der Waals surface area contributed by atoms with E-state index in [1.165, 1.54) is 0 Å². The number of carbonyl (C=O) groups is 2. The Balaban J connectivity index is 1.49. The highest BCUT2D eigenvalue weighted by Gasteiger charge is 2.53. The Bertz CT molecular complexity index is 1160. The minimum Gasteiger partial charge on any atom is -0.480 e. The monoisotopic (exact) mass is 432 g/mol. The molecule has 3 aromatic rings. The number of fused-ring (bicyclic) bond motifs is 2. The van der Waals surface area contributed by atoms with Gasteiger partial charge in [-0.05, 0) is 42.5 Å². The maximum Gasteiger partial charge on any atom is 0.324 e. The predicted octanol–water partition coefficient (Wildman–Crippen LogP) is 3.47. The van der Waals surface area contributed by atoms with Crippen LogP contribution in [0.2, 0.25) is 0 Å². The van der Waals surface area contributed by atoms with Crippen LogP contribution in [0.4, 0.5) is 5.69 Å². The van der Waals surface area contributed by atoms with Crippen LogP contribution in [0, 0.1) is 5.92 Å². The number of Topliss-reactive ketones (excluding diaryl/α,β-unsaturated/α-hetero) is 1. The van der Waals surface area contributed by atoms with Crippen molar-refractivity contribution in [2.45, 2.75) is 43.2 Å². The highest BCUT2D eigenvalue weighted by Crippen LogP contribution is 2.50. The lowest BCUT2D eigenvalue weighted by molar-refractivity contribution is -0.145. The third-order valence-corrected chi connectivity index (χ3v) is 6.72. The Morgan fingerprint density at radius 2 is 1.84 bits per heavy atom. The van der Waals surface area contributed by atoms with Gasteiger partial charge in [0.15, 0.2) is 0 Å². The third kappa shape index (κ3) is 3.36. The summed E-state index contributed by atoms with van der Waals surface area (Å²) in [4.78, 5) is 25.6. The molecular weight excluding hydrogens is 408 g/mol. The van der Waals surface area contributed by atoms with Gasteiger partial charge in [-0.1, -0.05) is 42.8 Å². The van der Waals surface area contributed by atoms with Gasteiger partial charge in [-0.2, -0.15) is 0 Å². The van der Waals surface area contributed by atoms with Crippen LogP contribution >= 0.6 is 0 Å². The van der Waals surface area contributed by atoms with Gasteiger partial charge < -0.3 is 20.6 Å². The lowest BCUT2D eigenvalue weighted by atomic mass is 9.66.